The van der Waals surface area contributed by atoms with Crippen molar-refractivity contribution in [3.05, 3.63) is 0 Å². The normalized spacial score (nSPS) is 36.1. The van der Waals surface area contributed by atoms with E-state index in [9.17, 15) is 0 Å². The topological polar surface area (TPSA) is 27.7 Å². The monoisotopic (exact) mass is 281 g/mol. The van der Waals surface area contributed by atoms with E-state index in [4.69, 9.17) is 4.74 Å². The summed E-state index contributed by atoms with van der Waals surface area (Å²) in [5.74, 6) is 0. The van der Waals surface area contributed by atoms with Crippen molar-refractivity contribution in [2.75, 3.05) is 59.0 Å². The van der Waals surface area contributed by atoms with Crippen molar-refractivity contribution in [1.29, 1.82) is 0 Å². The summed E-state index contributed by atoms with van der Waals surface area (Å²) in [6.07, 6.45) is 5.37. The van der Waals surface area contributed by atoms with E-state index >= 15 is 0 Å². The molecule has 4 heteroatoms. The second-order valence-electron chi connectivity index (χ2n) is 7.00. The van der Waals surface area contributed by atoms with Gasteiger partial charge in [0.2, 0.25) is 0 Å². The van der Waals surface area contributed by atoms with Crippen LogP contribution in [-0.4, -0.2) is 74.9 Å². The summed E-state index contributed by atoms with van der Waals surface area (Å²) in [4.78, 5) is 5.42. The molecule has 0 bridgehead atoms. The van der Waals surface area contributed by atoms with E-state index < -0.39 is 0 Å². The van der Waals surface area contributed by atoms with Crippen LogP contribution in [0.25, 0.3) is 0 Å². The number of hydrogen-bond acceptors (Lipinski definition) is 4. The molecule has 20 heavy (non-hydrogen) atoms. The summed E-state index contributed by atoms with van der Waals surface area (Å²) in [5, 5.41) is 3.58. The third-order valence-electron chi connectivity index (χ3n) is 5.38. The van der Waals surface area contributed by atoms with E-state index in [1.54, 1.807) is 0 Å². The average Bonchev–Trinajstić information content (AvgIpc) is 2.94. The van der Waals surface area contributed by atoms with Crippen molar-refractivity contribution < 1.29 is 4.74 Å². The maximum absolute atomic E-state index is 5.83. The highest BCUT2D eigenvalue weighted by molar-refractivity contribution is 4.92. The van der Waals surface area contributed by atoms with E-state index in [1.165, 1.54) is 58.4 Å². The molecule has 0 aliphatic carbocycles. The molecule has 3 saturated heterocycles. The van der Waals surface area contributed by atoms with E-state index in [0.717, 1.165) is 32.3 Å². The molecule has 0 radical (unpaired) electrons. The predicted molar refractivity (Wildman–Crippen MR) is 82.1 cm³/mol. The van der Waals surface area contributed by atoms with Crippen molar-refractivity contribution in [3.8, 4) is 0 Å². The number of rotatable bonds is 5. The maximum atomic E-state index is 5.83. The molecule has 0 saturated carbocycles. The second-order valence-corrected chi connectivity index (χ2v) is 7.00. The molecule has 2 atom stereocenters. The molecule has 0 aromatic heterocycles. The highest BCUT2D eigenvalue weighted by Gasteiger charge is 2.37. The first-order chi connectivity index (χ1) is 9.81. The van der Waals surface area contributed by atoms with Gasteiger partial charge in [0.15, 0.2) is 0 Å². The molecule has 1 N–H and O–H groups in total. The lowest BCUT2D eigenvalue weighted by Gasteiger charge is -2.45. The van der Waals surface area contributed by atoms with Gasteiger partial charge in [0.25, 0.3) is 0 Å². The summed E-state index contributed by atoms with van der Waals surface area (Å²) in [7, 11) is 0. The third-order valence-corrected chi connectivity index (χ3v) is 5.38. The first-order valence-electron chi connectivity index (χ1n) is 8.56. The van der Waals surface area contributed by atoms with Crippen molar-refractivity contribution in [2.24, 2.45) is 5.41 Å². The van der Waals surface area contributed by atoms with E-state index in [-0.39, 0.29) is 0 Å². The Balaban J connectivity index is 1.57. The Bertz CT molecular complexity index is 304. The standard InChI is InChI=1S/C16H31N3O/c1-2-17-12-16(6-4-10-20-14-16)13-18-8-9-19-7-3-5-15(19)11-18/h15,17H,2-14H2,1H3. The van der Waals surface area contributed by atoms with Gasteiger partial charge in [-0.3, -0.25) is 9.80 Å². The average molecular weight is 281 g/mol. The molecular weight excluding hydrogens is 250 g/mol. The van der Waals surface area contributed by atoms with Gasteiger partial charge in [-0.15, -0.1) is 0 Å². The fourth-order valence-electron chi connectivity index (χ4n) is 4.29. The lowest BCUT2D eigenvalue weighted by molar-refractivity contribution is -0.0360. The van der Waals surface area contributed by atoms with Gasteiger partial charge < -0.3 is 10.1 Å². The van der Waals surface area contributed by atoms with Crippen molar-refractivity contribution in [1.82, 2.24) is 15.1 Å². The van der Waals surface area contributed by atoms with Crippen LogP contribution in [0.4, 0.5) is 0 Å². The van der Waals surface area contributed by atoms with Gasteiger partial charge in [-0.05, 0) is 38.8 Å². The minimum absolute atomic E-state index is 0.356. The van der Waals surface area contributed by atoms with Gasteiger partial charge in [0.1, 0.15) is 0 Å². The van der Waals surface area contributed by atoms with Crippen LogP contribution < -0.4 is 5.32 Å². The van der Waals surface area contributed by atoms with Gasteiger partial charge in [-0.25, -0.2) is 0 Å². The van der Waals surface area contributed by atoms with Crippen LogP contribution in [0.2, 0.25) is 0 Å². The largest absolute Gasteiger partial charge is 0.381 e. The number of nitrogens with one attached hydrogen (secondary N) is 1. The summed E-state index contributed by atoms with van der Waals surface area (Å²) in [6.45, 7) is 12.7. The maximum Gasteiger partial charge on any atom is 0.0546 e. The van der Waals surface area contributed by atoms with E-state index in [2.05, 4.69) is 22.0 Å². The Kier molecular flexibility index (Phi) is 4.97. The molecule has 116 valence electrons. The summed E-state index contributed by atoms with van der Waals surface area (Å²) < 4.78 is 5.83. The number of fused-ring (bicyclic) bond motifs is 1. The van der Waals surface area contributed by atoms with Crippen LogP contribution in [0.3, 0.4) is 0 Å². The number of hydrogen-bond donors (Lipinski definition) is 1. The van der Waals surface area contributed by atoms with E-state index in [1.807, 2.05) is 0 Å². The van der Waals surface area contributed by atoms with Crippen molar-refractivity contribution in [3.63, 3.8) is 0 Å². The molecule has 0 aromatic carbocycles. The third kappa shape index (κ3) is 3.35. The molecular formula is C16H31N3O. The fourth-order valence-corrected chi connectivity index (χ4v) is 4.29. The quantitative estimate of drug-likeness (QED) is 0.819. The predicted octanol–water partition coefficient (Wildman–Crippen LogP) is 1.17. The van der Waals surface area contributed by atoms with Gasteiger partial charge in [-0.2, -0.15) is 0 Å². The van der Waals surface area contributed by atoms with Crippen LogP contribution in [0.1, 0.15) is 32.6 Å². The first kappa shape index (κ1) is 14.8. The molecule has 0 amide bonds. The van der Waals surface area contributed by atoms with Crippen molar-refractivity contribution >= 4 is 0 Å². The summed E-state index contributed by atoms with van der Waals surface area (Å²) >= 11 is 0. The van der Waals surface area contributed by atoms with Crippen LogP contribution in [0.5, 0.6) is 0 Å². The number of piperazine rings is 1. The first-order valence-corrected chi connectivity index (χ1v) is 8.56. The molecule has 3 fully saturated rings. The molecule has 4 nitrogen and oxygen atoms in total. The Morgan fingerprint density at radius 2 is 2.20 bits per heavy atom. The van der Waals surface area contributed by atoms with Gasteiger partial charge in [0.05, 0.1) is 6.61 Å². The van der Waals surface area contributed by atoms with Gasteiger partial charge >= 0.3 is 0 Å². The zero-order chi connectivity index (χ0) is 13.8. The Morgan fingerprint density at radius 3 is 3.00 bits per heavy atom. The Morgan fingerprint density at radius 1 is 1.25 bits per heavy atom. The Hall–Kier alpha value is -0.160. The molecule has 3 heterocycles. The second kappa shape index (κ2) is 6.73. The highest BCUT2D eigenvalue weighted by atomic mass is 16.5. The molecule has 3 aliphatic heterocycles. The molecule has 2 unspecified atom stereocenters. The Labute approximate surface area is 123 Å². The minimum atomic E-state index is 0.356. The number of nitrogens with zero attached hydrogens (tertiary/aromatic N) is 2. The number of ether oxygens (including phenoxy) is 1. The van der Waals surface area contributed by atoms with Crippen LogP contribution >= 0.6 is 0 Å². The zero-order valence-electron chi connectivity index (χ0n) is 13.1. The minimum Gasteiger partial charge on any atom is -0.381 e. The van der Waals surface area contributed by atoms with E-state index in [0.29, 0.717) is 5.41 Å². The fraction of sp³-hybridized carbons (Fsp3) is 1.00. The van der Waals surface area contributed by atoms with Crippen LogP contribution in [-0.2, 0) is 4.74 Å². The van der Waals surface area contributed by atoms with Crippen LogP contribution in [0, 0.1) is 5.41 Å². The zero-order valence-corrected chi connectivity index (χ0v) is 13.1. The van der Waals surface area contributed by atoms with Crippen LogP contribution in [0.15, 0.2) is 0 Å². The van der Waals surface area contributed by atoms with Gasteiger partial charge in [0, 0.05) is 50.8 Å². The van der Waals surface area contributed by atoms with Gasteiger partial charge in [-0.1, -0.05) is 6.92 Å². The molecule has 0 aromatic rings. The summed E-state index contributed by atoms with van der Waals surface area (Å²) in [6, 6.07) is 0.837. The molecule has 0 spiro atoms. The molecule has 3 rings (SSSR count). The highest BCUT2D eigenvalue weighted by Crippen LogP contribution is 2.31. The van der Waals surface area contributed by atoms with Crippen molar-refractivity contribution in [2.45, 2.75) is 38.6 Å². The smallest absolute Gasteiger partial charge is 0.0546 e. The SMILES string of the molecule is CCNCC1(CN2CCN3CCCC3C2)CCCOC1. The lowest BCUT2D eigenvalue weighted by Crippen LogP contribution is -2.56. The molecule has 3 aliphatic rings. The summed E-state index contributed by atoms with van der Waals surface area (Å²) in [5.41, 5.74) is 0.356. The lowest BCUT2D eigenvalue weighted by atomic mass is 9.81.